The largest absolute Gasteiger partial charge is 0.380 e. The molecule has 1 aromatic rings. The van der Waals surface area contributed by atoms with Crippen LogP contribution in [0.2, 0.25) is 0 Å². The number of aliphatic imine (C=N–C) groups is 1. The lowest BCUT2D eigenvalue weighted by atomic mass is 9.89. The third-order valence-corrected chi connectivity index (χ3v) is 3.03. The second kappa shape index (κ2) is 4.98. The van der Waals surface area contributed by atoms with E-state index in [1.165, 1.54) is 11.1 Å². The molecule has 0 amide bonds. The Bertz CT molecular complexity index is 444. The maximum absolute atomic E-state index is 5.89. The molecule has 4 nitrogen and oxygen atoms in total. The minimum absolute atomic E-state index is 0.162. The molecule has 0 saturated carbocycles. The van der Waals surface area contributed by atoms with E-state index in [2.05, 4.69) is 49.3 Å². The summed E-state index contributed by atoms with van der Waals surface area (Å²) in [4.78, 5) is 4.38. The van der Waals surface area contributed by atoms with E-state index >= 15 is 0 Å². The summed E-state index contributed by atoms with van der Waals surface area (Å²) in [5.74, 6) is 0.466. The van der Waals surface area contributed by atoms with Crippen LogP contribution in [0.15, 0.2) is 23.2 Å². The van der Waals surface area contributed by atoms with E-state index in [1.54, 1.807) is 0 Å². The lowest BCUT2D eigenvalue weighted by molar-refractivity contribution is -0.0944. The van der Waals surface area contributed by atoms with Crippen molar-refractivity contribution in [1.29, 1.82) is 0 Å². The zero-order chi connectivity index (χ0) is 13.2. The summed E-state index contributed by atoms with van der Waals surface area (Å²) in [6.07, 6.45) is 0. The Balaban J connectivity index is 1.97. The fourth-order valence-corrected chi connectivity index (χ4v) is 2.05. The molecule has 2 rings (SSSR count). The third kappa shape index (κ3) is 3.23. The Morgan fingerprint density at radius 3 is 2.44 bits per heavy atom. The van der Waals surface area contributed by atoms with Crippen LogP contribution in [-0.2, 0) is 4.74 Å². The predicted octanol–water partition coefficient (Wildman–Crippen LogP) is 2.07. The lowest BCUT2D eigenvalue weighted by Crippen LogP contribution is -2.43. The fraction of sp³-hybridized carbons (Fsp3) is 0.500. The van der Waals surface area contributed by atoms with Gasteiger partial charge in [0.25, 0.3) is 0 Å². The van der Waals surface area contributed by atoms with E-state index in [0.717, 1.165) is 18.9 Å². The van der Waals surface area contributed by atoms with Gasteiger partial charge in [0.15, 0.2) is 5.96 Å². The summed E-state index contributed by atoms with van der Waals surface area (Å²) >= 11 is 0. The number of nitrogens with zero attached hydrogens (tertiary/aromatic N) is 1. The molecule has 0 radical (unpaired) electrons. The van der Waals surface area contributed by atoms with Gasteiger partial charge in [-0.25, -0.2) is 0 Å². The van der Waals surface area contributed by atoms with Crippen LogP contribution < -0.4 is 11.1 Å². The first-order valence-corrected chi connectivity index (χ1v) is 6.20. The summed E-state index contributed by atoms with van der Waals surface area (Å²) in [5, 5.41) is 3.13. The van der Waals surface area contributed by atoms with Crippen LogP contribution in [0.5, 0.6) is 0 Å². The van der Waals surface area contributed by atoms with E-state index in [-0.39, 0.29) is 5.41 Å². The van der Waals surface area contributed by atoms with Crippen LogP contribution in [0.25, 0.3) is 0 Å². The smallest absolute Gasteiger partial charge is 0.193 e. The monoisotopic (exact) mass is 247 g/mol. The molecule has 0 spiro atoms. The highest BCUT2D eigenvalue weighted by Crippen LogP contribution is 2.26. The second-order valence-electron chi connectivity index (χ2n) is 5.51. The van der Waals surface area contributed by atoms with Crippen molar-refractivity contribution in [3.05, 3.63) is 29.3 Å². The molecule has 1 aliphatic heterocycles. The maximum Gasteiger partial charge on any atom is 0.193 e. The van der Waals surface area contributed by atoms with Gasteiger partial charge in [0, 0.05) is 11.1 Å². The number of ether oxygens (including phenoxy) is 1. The SMILES string of the molecule is Cc1cc(C)cc(NC(N)=NCC2(C)COC2)c1. The molecule has 1 aliphatic rings. The molecule has 1 saturated heterocycles. The Kier molecular flexibility index (Phi) is 3.57. The summed E-state index contributed by atoms with van der Waals surface area (Å²) < 4.78 is 5.19. The molecule has 1 aromatic carbocycles. The van der Waals surface area contributed by atoms with Crippen molar-refractivity contribution in [2.45, 2.75) is 20.8 Å². The molecule has 0 aromatic heterocycles. The molecular formula is C14H21N3O. The summed E-state index contributed by atoms with van der Waals surface area (Å²) in [6, 6.07) is 6.25. The summed E-state index contributed by atoms with van der Waals surface area (Å²) in [6.45, 7) is 8.54. The zero-order valence-corrected chi connectivity index (χ0v) is 11.3. The normalized spacial score (nSPS) is 18.3. The Labute approximate surface area is 108 Å². The van der Waals surface area contributed by atoms with Crippen LogP contribution in [0.1, 0.15) is 18.1 Å². The number of hydrogen-bond donors (Lipinski definition) is 2. The van der Waals surface area contributed by atoms with Crippen molar-refractivity contribution < 1.29 is 4.74 Å². The van der Waals surface area contributed by atoms with Gasteiger partial charge in [-0.3, -0.25) is 4.99 Å². The van der Waals surface area contributed by atoms with Crippen LogP contribution in [0.3, 0.4) is 0 Å². The molecule has 3 N–H and O–H groups in total. The predicted molar refractivity (Wildman–Crippen MR) is 75.0 cm³/mol. The van der Waals surface area contributed by atoms with Crippen LogP contribution in [-0.4, -0.2) is 25.7 Å². The molecular weight excluding hydrogens is 226 g/mol. The molecule has 0 unspecified atom stereocenters. The van der Waals surface area contributed by atoms with Gasteiger partial charge in [0.05, 0.1) is 19.8 Å². The molecule has 18 heavy (non-hydrogen) atoms. The van der Waals surface area contributed by atoms with Gasteiger partial charge in [-0.2, -0.15) is 0 Å². The Morgan fingerprint density at radius 1 is 1.33 bits per heavy atom. The van der Waals surface area contributed by atoms with Crippen molar-refractivity contribution in [2.24, 2.45) is 16.1 Å². The van der Waals surface area contributed by atoms with Crippen molar-refractivity contribution in [3.63, 3.8) is 0 Å². The molecule has 98 valence electrons. The van der Waals surface area contributed by atoms with E-state index in [9.17, 15) is 0 Å². The molecule has 1 fully saturated rings. The van der Waals surface area contributed by atoms with E-state index in [1.807, 2.05) is 0 Å². The number of aryl methyl sites for hydroxylation is 2. The Morgan fingerprint density at radius 2 is 1.94 bits per heavy atom. The number of anilines is 1. The molecule has 0 aliphatic carbocycles. The van der Waals surface area contributed by atoms with E-state index < -0.39 is 0 Å². The van der Waals surface area contributed by atoms with Crippen molar-refractivity contribution in [3.8, 4) is 0 Å². The number of rotatable bonds is 3. The average Bonchev–Trinajstić information content (AvgIpc) is 2.22. The molecule has 1 heterocycles. The number of nitrogens with two attached hydrogens (primary N) is 1. The molecule has 0 atom stereocenters. The number of guanidine groups is 1. The van der Waals surface area contributed by atoms with Gasteiger partial charge in [-0.15, -0.1) is 0 Å². The number of benzene rings is 1. The van der Waals surface area contributed by atoms with Crippen molar-refractivity contribution >= 4 is 11.6 Å². The van der Waals surface area contributed by atoms with Gasteiger partial charge in [-0.1, -0.05) is 13.0 Å². The summed E-state index contributed by atoms with van der Waals surface area (Å²) in [5.41, 5.74) is 9.47. The molecule has 0 bridgehead atoms. The lowest BCUT2D eigenvalue weighted by Gasteiger charge is -2.36. The first-order chi connectivity index (χ1) is 8.47. The van der Waals surface area contributed by atoms with Crippen LogP contribution in [0.4, 0.5) is 5.69 Å². The van der Waals surface area contributed by atoms with Gasteiger partial charge in [0.2, 0.25) is 0 Å². The van der Waals surface area contributed by atoms with Gasteiger partial charge < -0.3 is 15.8 Å². The standard InChI is InChI=1S/C14H21N3O/c1-10-4-11(2)6-12(5-10)17-13(15)16-7-14(3)8-18-9-14/h4-6H,7-9H2,1-3H3,(H3,15,16,17). The van der Waals surface area contributed by atoms with Gasteiger partial charge >= 0.3 is 0 Å². The number of hydrogen-bond acceptors (Lipinski definition) is 2. The highest BCUT2D eigenvalue weighted by atomic mass is 16.5. The van der Waals surface area contributed by atoms with Gasteiger partial charge in [-0.05, 0) is 37.1 Å². The first-order valence-electron chi connectivity index (χ1n) is 6.20. The fourth-order valence-electron chi connectivity index (χ4n) is 2.05. The minimum atomic E-state index is 0.162. The van der Waals surface area contributed by atoms with Crippen molar-refractivity contribution in [2.75, 3.05) is 25.1 Å². The van der Waals surface area contributed by atoms with Gasteiger partial charge in [0.1, 0.15) is 0 Å². The van der Waals surface area contributed by atoms with E-state index in [0.29, 0.717) is 12.5 Å². The topological polar surface area (TPSA) is 59.6 Å². The van der Waals surface area contributed by atoms with E-state index in [4.69, 9.17) is 10.5 Å². The zero-order valence-electron chi connectivity index (χ0n) is 11.3. The highest BCUT2D eigenvalue weighted by molar-refractivity contribution is 5.92. The minimum Gasteiger partial charge on any atom is -0.380 e. The quantitative estimate of drug-likeness (QED) is 0.635. The number of nitrogens with one attached hydrogen (secondary N) is 1. The average molecular weight is 247 g/mol. The second-order valence-corrected chi connectivity index (χ2v) is 5.51. The van der Waals surface area contributed by atoms with Crippen molar-refractivity contribution in [1.82, 2.24) is 0 Å². The van der Waals surface area contributed by atoms with Crippen LogP contribution in [0, 0.1) is 19.3 Å². The highest BCUT2D eigenvalue weighted by Gasteiger charge is 2.32. The Hall–Kier alpha value is -1.55. The first kappa shape index (κ1) is 12.9. The summed E-state index contributed by atoms with van der Waals surface area (Å²) in [7, 11) is 0. The maximum atomic E-state index is 5.89. The van der Waals surface area contributed by atoms with Crippen LogP contribution >= 0.6 is 0 Å². The third-order valence-electron chi connectivity index (χ3n) is 3.03. The molecule has 4 heteroatoms.